The molecular weight excluding hydrogens is 342 g/mol. The van der Waals surface area contributed by atoms with Gasteiger partial charge in [-0.15, -0.1) is 11.3 Å². The molecule has 130 valence electrons. The van der Waals surface area contributed by atoms with E-state index in [1.165, 1.54) is 4.70 Å². The maximum atomic E-state index is 13.0. The van der Waals surface area contributed by atoms with E-state index in [2.05, 4.69) is 23.2 Å². The first-order chi connectivity index (χ1) is 12.8. The van der Waals surface area contributed by atoms with Crippen LogP contribution >= 0.6 is 11.3 Å². The summed E-state index contributed by atoms with van der Waals surface area (Å²) in [5.41, 5.74) is 2.75. The van der Waals surface area contributed by atoms with Crippen LogP contribution in [0.3, 0.4) is 0 Å². The summed E-state index contributed by atoms with van der Waals surface area (Å²) in [4.78, 5) is 23.0. The van der Waals surface area contributed by atoms with E-state index in [-0.39, 0.29) is 5.91 Å². The minimum atomic E-state index is 0.0898. The zero-order valence-corrected chi connectivity index (χ0v) is 15.1. The number of hydrogen-bond acceptors (Lipinski definition) is 3. The molecule has 1 atom stereocenters. The molecule has 1 saturated heterocycles. The number of thiazole rings is 1. The zero-order chi connectivity index (χ0) is 17.5. The molecule has 4 aromatic rings. The van der Waals surface area contributed by atoms with Crippen LogP contribution in [0.1, 0.15) is 34.3 Å². The van der Waals surface area contributed by atoms with Gasteiger partial charge >= 0.3 is 0 Å². The lowest BCUT2D eigenvalue weighted by Crippen LogP contribution is -2.39. The SMILES string of the molecule is O=C(c1cc2ccccc2[nH]1)N1CCC[C@@H](c2nc3ccccc3s2)C1. The quantitative estimate of drug-likeness (QED) is 0.558. The summed E-state index contributed by atoms with van der Waals surface area (Å²) in [7, 11) is 0. The fraction of sp³-hybridized carbons (Fsp3) is 0.238. The van der Waals surface area contributed by atoms with Crippen molar-refractivity contribution in [3.63, 3.8) is 0 Å². The number of rotatable bonds is 2. The molecule has 5 rings (SSSR count). The fourth-order valence-electron chi connectivity index (χ4n) is 3.79. The summed E-state index contributed by atoms with van der Waals surface area (Å²) in [5, 5.41) is 2.23. The van der Waals surface area contributed by atoms with Crippen molar-refractivity contribution in [1.29, 1.82) is 0 Å². The van der Waals surface area contributed by atoms with Gasteiger partial charge in [-0.2, -0.15) is 0 Å². The first-order valence-electron chi connectivity index (χ1n) is 9.00. The maximum absolute atomic E-state index is 13.0. The number of H-pyrrole nitrogens is 1. The molecular formula is C21H19N3OS. The van der Waals surface area contributed by atoms with Crippen molar-refractivity contribution in [2.45, 2.75) is 18.8 Å². The van der Waals surface area contributed by atoms with Crippen LogP contribution in [-0.2, 0) is 0 Å². The van der Waals surface area contributed by atoms with Crippen LogP contribution in [0.2, 0.25) is 0 Å². The standard InChI is InChI=1S/C21H19N3OS/c25-21(18-12-14-6-1-2-8-16(14)22-18)24-11-5-7-15(13-24)20-23-17-9-3-4-10-19(17)26-20/h1-4,6,8-10,12,15,22H,5,7,11,13H2/t15-/m1/s1. The van der Waals surface area contributed by atoms with Gasteiger partial charge in [0, 0.05) is 29.9 Å². The molecule has 1 amide bonds. The molecule has 1 fully saturated rings. The van der Waals surface area contributed by atoms with Crippen LogP contribution in [0, 0.1) is 0 Å². The van der Waals surface area contributed by atoms with Gasteiger partial charge in [0.05, 0.1) is 15.2 Å². The Morgan fingerprint density at radius 2 is 2.00 bits per heavy atom. The number of nitrogens with one attached hydrogen (secondary N) is 1. The predicted molar refractivity (Wildman–Crippen MR) is 106 cm³/mol. The summed E-state index contributed by atoms with van der Waals surface area (Å²) in [6, 6.07) is 18.2. The van der Waals surface area contributed by atoms with Gasteiger partial charge in [-0.05, 0) is 37.1 Å². The molecule has 1 aliphatic heterocycles. The fourth-order valence-corrected chi connectivity index (χ4v) is 4.88. The normalized spacial score (nSPS) is 17.8. The van der Waals surface area contributed by atoms with E-state index in [4.69, 9.17) is 4.98 Å². The Labute approximate surface area is 155 Å². The monoisotopic (exact) mass is 361 g/mol. The average molecular weight is 361 g/mol. The van der Waals surface area contributed by atoms with Crippen molar-refractivity contribution >= 4 is 38.4 Å². The molecule has 5 heteroatoms. The molecule has 0 saturated carbocycles. The Kier molecular flexibility index (Phi) is 3.75. The minimum absolute atomic E-state index is 0.0898. The van der Waals surface area contributed by atoms with E-state index in [0.717, 1.165) is 47.4 Å². The van der Waals surface area contributed by atoms with E-state index in [1.807, 2.05) is 41.3 Å². The number of amides is 1. The highest BCUT2D eigenvalue weighted by molar-refractivity contribution is 7.18. The summed E-state index contributed by atoms with van der Waals surface area (Å²) in [6.45, 7) is 1.56. The lowest BCUT2D eigenvalue weighted by Gasteiger charge is -2.31. The van der Waals surface area contributed by atoms with Crippen molar-refractivity contribution in [2.75, 3.05) is 13.1 Å². The highest BCUT2D eigenvalue weighted by Gasteiger charge is 2.28. The molecule has 1 aliphatic rings. The third kappa shape index (κ3) is 2.69. The topological polar surface area (TPSA) is 49.0 Å². The molecule has 0 aliphatic carbocycles. The maximum Gasteiger partial charge on any atom is 0.270 e. The second-order valence-electron chi connectivity index (χ2n) is 6.88. The molecule has 2 aromatic carbocycles. The summed E-state index contributed by atoms with van der Waals surface area (Å²) in [5.74, 6) is 0.418. The van der Waals surface area contributed by atoms with Crippen molar-refractivity contribution in [2.24, 2.45) is 0 Å². The second kappa shape index (κ2) is 6.25. The van der Waals surface area contributed by atoms with Crippen LogP contribution in [0.4, 0.5) is 0 Å². The number of piperidine rings is 1. The molecule has 26 heavy (non-hydrogen) atoms. The van der Waals surface area contributed by atoms with Gasteiger partial charge in [0.15, 0.2) is 0 Å². The summed E-state index contributed by atoms with van der Waals surface area (Å²) < 4.78 is 1.22. The van der Waals surface area contributed by atoms with Gasteiger partial charge in [0.25, 0.3) is 5.91 Å². The van der Waals surface area contributed by atoms with Crippen molar-refractivity contribution in [3.8, 4) is 0 Å². The van der Waals surface area contributed by atoms with Crippen molar-refractivity contribution in [1.82, 2.24) is 14.9 Å². The van der Waals surface area contributed by atoms with E-state index in [9.17, 15) is 4.79 Å². The molecule has 0 unspecified atom stereocenters. The van der Waals surface area contributed by atoms with E-state index >= 15 is 0 Å². The van der Waals surface area contributed by atoms with Gasteiger partial charge in [0.2, 0.25) is 0 Å². The predicted octanol–water partition coefficient (Wildman–Crippen LogP) is 4.80. The van der Waals surface area contributed by atoms with Gasteiger partial charge in [-0.3, -0.25) is 4.79 Å². The Bertz CT molecular complexity index is 1030. The summed E-state index contributed by atoms with van der Waals surface area (Å²) in [6.07, 6.45) is 2.11. The highest BCUT2D eigenvalue weighted by Crippen LogP contribution is 2.33. The number of carbonyl (C=O) groups is 1. The molecule has 3 heterocycles. The van der Waals surface area contributed by atoms with E-state index in [1.54, 1.807) is 11.3 Å². The second-order valence-corrected chi connectivity index (χ2v) is 7.94. The average Bonchev–Trinajstić information content (AvgIpc) is 3.31. The number of aromatic amines is 1. The number of aromatic nitrogens is 2. The number of fused-ring (bicyclic) bond motifs is 2. The Morgan fingerprint density at radius 3 is 2.88 bits per heavy atom. The van der Waals surface area contributed by atoms with Gasteiger partial charge < -0.3 is 9.88 Å². The van der Waals surface area contributed by atoms with Crippen LogP contribution < -0.4 is 0 Å². The van der Waals surface area contributed by atoms with E-state index in [0.29, 0.717) is 11.6 Å². The van der Waals surface area contributed by atoms with Crippen LogP contribution in [0.15, 0.2) is 54.6 Å². The minimum Gasteiger partial charge on any atom is -0.351 e. The number of nitrogens with zero attached hydrogens (tertiary/aromatic N) is 2. The van der Waals surface area contributed by atoms with Crippen molar-refractivity contribution < 1.29 is 4.79 Å². The smallest absolute Gasteiger partial charge is 0.270 e. The number of benzene rings is 2. The lowest BCUT2D eigenvalue weighted by atomic mass is 9.98. The molecule has 1 N–H and O–H groups in total. The molecule has 0 spiro atoms. The number of likely N-dealkylation sites (tertiary alicyclic amines) is 1. The summed E-state index contributed by atoms with van der Waals surface area (Å²) >= 11 is 1.76. The van der Waals surface area contributed by atoms with Crippen LogP contribution in [-0.4, -0.2) is 33.9 Å². The molecule has 0 bridgehead atoms. The Morgan fingerprint density at radius 1 is 1.15 bits per heavy atom. The van der Waals surface area contributed by atoms with Gasteiger partial charge in [-0.25, -0.2) is 4.98 Å². The molecule has 2 aromatic heterocycles. The third-order valence-corrected chi connectivity index (χ3v) is 6.33. The number of para-hydroxylation sites is 2. The van der Waals surface area contributed by atoms with Gasteiger partial charge in [-0.1, -0.05) is 30.3 Å². The Hall–Kier alpha value is -2.66. The first kappa shape index (κ1) is 15.6. The first-order valence-corrected chi connectivity index (χ1v) is 9.82. The highest BCUT2D eigenvalue weighted by atomic mass is 32.1. The largest absolute Gasteiger partial charge is 0.351 e. The van der Waals surface area contributed by atoms with Crippen molar-refractivity contribution in [3.05, 3.63) is 65.3 Å². The van der Waals surface area contributed by atoms with Gasteiger partial charge in [0.1, 0.15) is 5.69 Å². The molecule has 4 nitrogen and oxygen atoms in total. The number of carbonyl (C=O) groups excluding carboxylic acids is 1. The zero-order valence-electron chi connectivity index (χ0n) is 14.3. The van der Waals surface area contributed by atoms with Crippen LogP contribution in [0.5, 0.6) is 0 Å². The molecule has 0 radical (unpaired) electrons. The Balaban J connectivity index is 1.40. The lowest BCUT2D eigenvalue weighted by molar-refractivity contribution is 0.0702. The third-order valence-electron chi connectivity index (χ3n) is 5.13. The van der Waals surface area contributed by atoms with Crippen LogP contribution in [0.25, 0.3) is 21.1 Å². The van der Waals surface area contributed by atoms with E-state index < -0.39 is 0 Å². The number of hydrogen-bond donors (Lipinski definition) is 1.